The Morgan fingerprint density at radius 2 is 2.03 bits per heavy atom. The van der Waals surface area contributed by atoms with E-state index in [1.54, 1.807) is 24.3 Å². The van der Waals surface area contributed by atoms with Gasteiger partial charge < -0.3 is 24.1 Å². The number of carbonyl (C=O) groups is 2. The number of fused-ring (bicyclic) bond motifs is 2. The van der Waals surface area contributed by atoms with Gasteiger partial charge in [-0.2, -0.15) is 0 Å². The number of cyclic esters (lactones) is 1. The van der Waals surface area contributed by atoms with Crippen molar-refractivity contribution in [2.75, 3.05) is 7.11 Å². The monoisotopic (exact) mass is 400 g/mol. The summed E-state index contributed by atoms with van der Waals surface area (Å²) in [5.41, 5.74) is 2.00. The third kappa shape index (κ3) is 4.13. The van der Waals surface area contributed by atoms with Crippen molar-refractivity contribution in [3.63, 3.8) is 0 Å². The summed E-state index contributed by atoms with van der Waals surface area (Å²) < 4.78 is 22.1. The molecule has 29 heavy (non-hydrogen) atoms. The molecule has 2 aromatic rings. The van der Waals surface area contributed by atoms with Crippen LogP contribution in [-0.2, 0) is 20.9 Å². The molecule has 3 rings (SSSR count). The van der Waals surface area contributed by atoms with Crippen molar-refractivity contribution >= 4 is 12.4 Å². The molecule has 0 spiro atoms. The van der Waals surface area contributed by atoms with Crippen LogP contribution in [0, 0.1) is 12.8 Å². The summed E-state index contributed by atoms with van der Waals surface area (Å²) in [6, 6.07) is 6.64. The van der Waals surface area contributed by atoms with E-state index < -0.39 is 12.1 Å². The minimum absolute atomic E-state index is 0.0473. The van der Waals surface area contributed by atoms with Crippen molar-refractivity contribution in [2.24, 2.45) is 5.92 Å². The summed E-state index contributed by atoms with van der Waals surface area (Å²) in [5, 5.41) is 10.3. The largest absolute Gasteiger partial charge is 0.504 e. The third-order valence-corrected chi connectivity index (χ3v) is 4.67. The van der Waals surface area contributed by atoms with Gasteiger partial charge in [0.05, 0.1) is 7.11 Å². The Hall–Kier alpha value is -3.22. The van der Waals surface area contributed by atoms with E-state index in [2.05, 4.69) is 0 Å². The normalized spacial score (nSPS) is 13.9. The minimum Gasteiger partial charge on any atom is -0.504 e. The molecule has 0 fully saturated rings. The van der Waals surface area contributed by atoms with Crippen LogP contribution in [0.3, 0.4) is 0 Å². The molecule has 2 aromatic carbocycles. The molecular formula is C22H24O7. The molecule has 1 atom stereocenters. The van der Waals surface area contributed by atoms with E-state index in [1.807, 2.05) is 20.8 Å². The Morgan fingerprint density at radius 3 is 2.69 bits per heavy atom. The van der Waals surface area contributed by atoms with Gasteiger partial charge in [0.1, 0.15) is 29.8 Å². The Balaban J connectivity index is 2.15. The van der Waals surface area contributed by atoms with Gasteiger partial charge in [0.15, 0.2) is 11.5 Å². The van der Waals surface area contributed by atoms with Crippen molar-refractivity contribution in [3.8, 4) is 23.0 Å². The lowest BCUT2D eigenvalue weighted by molar-refractivity contribution is -0.134. The molecule has 0 aromatic heterocycles. The summed E-state index contributed by atoms with van der Waals surface area (Å²) in [6.07, 6.45) is -0.0403. The average molecular weight is 400 g/mol. The number of hydrogen-bond donors (Lipinski definition) is 1. The molecule has 7 heteroatoms. The lowest BCUT2D eigenvalue weighted by atomic mass is 9.96. The topological polar surface area (TPSA) is 91.3 Å². The fourth-order valence-electron chi connectivity index (χ4n) is 3.46. The molecule has 0 saturated heterocycles. The zero-order valence-corrected chi connectivity index (χ0v) is 16.9. The number of esters is 1. The highest BCUT2D eigenvalue weighted by Gasteiger charge is 2.30. The summed E-state index contributed by atoms with van der Waals surface area (Å²) in [6.45, 7) is 6.15. The Morgan fingerprint density at radius 1 is 1.28 bits per heavy atom. The number of methoxy groups -OCH3 is 1. The number of hydrogen-bond acceptors (Lipinski definition) is 7. The van der Waals surface area contributed by atoms with Gasteiger partial charge >= 0.3 is 5.97 Å². The molecule has 1 aliphatic rings. The van der Waals surface area contributed by atoms with E-state index in [4.69, 9.17) is 18.9 Å². The zero-order valence-electron chi connectivity index (χ0n) is 16.9. The van der Waals surface area contributed by atoms with E-state index in [0.29, 0.717) is 24.0 Å². The second-order valence-electron chi connectivity index (χ2n) is 7.36. The SMILES string of the molecule is COc1c(C(CC(C)C)OC=O)ccc2c1C(=O)OCc1cc(C)cc(O)c1O2. The van der Waals surface area contributed by atoms with Gasteiger partial charge in [-0.3, -0.25) is 4.79 Å². The molecule has 1 heterocycles. The Kier molecular flexibility index (Phi) is 5.96. The Bertz CT molecular complexity index is 933. The highest BCUT2D eigenvalue weighted by Crippen LogP contribution is 2.44. The van der Waals surface area contributed by atoms with Crippen LogP contribution in [0.15, 0.2) is 24.3 Å². The Labute approximate surface area is 169 Å². The first-order chi connectivity index (χ1) is 13.8. The summed E-state index contributed by atoms with van der Waals surface area (Å²) in [5.74, 6) is 0.192. The number of phenolic OH excluding ortho intramolecular Hbond substituents is 1. The second kappa shape index (κ2) is 8.43. The van der Waals surface area contributed by atoms with Gasteiger partial charge in [-0.1, -0.05) is 13.8 Å². The van der Waals surface area contributed by atoms with Gasteiger partial charge in [0, 0.05) is 11.1 Å². The summed E-state index contributed by atoms with van der Waals surface area (Å²) in [7, 11) is 1.42. The van der Waals surface area contributed by atoms with Crippen LogP contribution < -0.4 is 9.47 Å². The van der Waals surface area contributed by atoms with Crippen molar-refractivity contribution in [3.05, 3.63) is 46.5 Å². The highest BCUT2D eigenvalue weighted by atomic mass is 16.5. The maximum atomic E-state index is 12.8. The minimum atomic E-state index is -0.625. The van der Waals surface area contributed by atoms with Gasteiger partial charge in [-0.05, 0) is 49.1 Å². The number of aromatic hydroxyl groups is 1. The molecule has 0 amide bonds. The molecule has 0 saturated carbocycles. The van der Waals surface area contributed by atoms with Crippen LogP contribution in [0.5, 0.6) is 23.0 Å². The van der Waals surface area contributed by atoms with E-state index in [9.17, 15) is 14.7 Å². The molecule has 7 nitrogen and oxygen atoms in total. The number of ether oxygens (including phenoxy) is 4. The predicted octanol–water partition coefficient (Wildman–Crippen LogP) is 4.43. The van der Waals surface area contributed by atoms with Crippen molar-refractivity contribution in [1.29, 1.82) is 0 Å². The van der Waals surface area contributed by atoms with Crippen LogP contribution in [0.2, 0.25) is 0 Å². The molecule has 1 aliphatic heterocycles. The van der Waals surface area contributed by atoms with Crippen molar-refractivity contribution in [2.45, 2.75) is 39.9 Å². The second-order valence-corrected chi connectivity index (χ2v) is 7.36. The van der Waals surface area contributed by atoms with E-state index >= 15 is 0 Å². The number of rotatable bonds is 6. The van der Waals surface area contributed by atoms with Crippen LogP contribution in [-0.4, -0.2) is 24.7 Å². The summed E-state index contributed by atoms with van der Waals surface area (Å²) in [4.78, 5) is 23.8. The van der Waals surface area contributed by atoms with Crippen LogP contribution in [0.25, 0.3) is 0 Å². The van der Waals surface area contributed by atoms with Gasteiger partial charge in [0.2, 0.25) is 0 Å². The van der Waals surface area contributed by atoms with Crippen LogP contribution in [0.1, 0.15) is 53.4 Å². The molecular weight excluding hydrogens is 376 g/mol. The molecule has 0 radical (unpaired) electrons. The first kappa shape index (κ1) is 20.5. The first-order valence-electron chi connectivity index (χ1n) is 9.33. The molecule has 1 N–H and O–H groups in total. The molecule has 154 valence electrons. The first-order valence-corrected chi connectivity index (χ1v) is 9.33. The number of phenols is 1. The standard InChI is InChI=1S/C22H24O7/c1-12(2)7-18(28-11-23)15-5-6-17-19(21(15)26-4)22(25)27-10-14-8-13(3)9-16(24)20(14)29-17/h5-6,8-9,11-12,18,24H,7,10H2,1-4H3. The van der Waals surface area contributed by atoms with Crippen LogP contribution in [0.4, 0.5) is 0 Å². The predicted molar refractivity (Wildman–Crippen MR) is 104 cm³/mol. The molecule has 0 aliphatic carbocycles. The quantitative estimate of drug-likeness (QED) is 0.566. The molecule has 1 unspecified atom stereocenters. The van der Waals surface area contributed by atoms with Gasteiger partial charge in [-0.15, -0.1) is 0 Å². The van der Waals surface area contributed by atoms with Gasteiger partial charge in [0.25, 0.3) is 6.47 Å². The number of carbonyl (C=O) groups excluding carboxylic acids is 2. The van der Waals surface area contributed by atoms with Crippen molar-refractivity contribution < 1.29 is 33.6 Å². The zero-order chi connectivity index (χ0) is 21.1. The maximum absolute atomic E-state index is 12.8. The van der Waals surface area contributed by atoms with E-state index in [-0.39, 0.29) is 41.1 Å². The smallest absolute Gasteiger partial charge is 0.346 e. The van der Waals surface area contributed by atoms with E-state index in [1.165, 1.54) is 7.11 Å². The fourth-order valence-corrected chi connectivity index (χ4v) is 3.46. The number of benzene rings is 2. The lowest BCUT2D eigenvalue weighted by Crippen LogP contribution is -2.16. The fraction of sp³-hybridized carbons (Fsp3) is 0.364. The average Bonchev–Trinajstić information content (AvgIpc) is 2.65. The highest BCUT2D eigenvalue weighted by molar-refractivity contribution is 5.96. The summed E-state index contributed by atoms with van der Waals surface area (Å²) >= 11 is 0. The van der Waals surface area contributed by atoms with Gasteiger partial charge in [-0.25, -0.2) is 4.79 Å². The number of aryl methyl sites for hydroxylation is 1. The third-order valence-electron chi connectivity index (χ3n) is 4.67. The lowest BCUT2D eigenvalue weighted by Gasteiger charge is -2.24. The maximum Gasteiger partial charge on any atom is 0.346 e. The van der Waals surface area contributed by atoms with E-state index in [0.717, 1.165) is 5.56 Å². The van der Waals surface area contributed by atoms with Crippen molar-refractivity contribution in [1.82, 2.24) is 0 Å². The molecule has 0 bridgehead atoms. The van der Waals surface area contributed by atoms with Crippen LogP contribution >= 0.6 is 0 Å².